The largest absolute Gasteiger partial charge is 0.357 e. The molecule has 2 heterocycles. The SMILES string of the molecule is CNc1nccc(N2CCC(N)C2)n1. The van der Waals surface area contributed by atoms with E-state index in [2.05, 4.69) is 20.2 Å². The molecule has 1 aliphatic rings. The molecule has 1 aliphatic heterocycles. The first-order chi connectivity index (χ1) is 6.79. The van der Waals surface area contributed by atoms with Crippen molar-refractivity contribution < 1.29 is 0 Å². The van der Waals surface area contributed by atoms with Crippen LogP contribution >= 0.6 is 0 Å². The molecular weight excluding hydrogens is 178 g/mol. The average molecular weight is 193 g/mol. The Morgan fingerprint density at radius 2 is 2.50 bits per heavy atom. The third-order valence-electron chi connectivity index (χ3n) is 2.41. The van der Waals surface area contributed by atoms with Crippen LogP contribution in [-0.2, 0) is 0 Å². The number of nitrogens with two attached hydrogens (primary N) is 1. The minimum Gasteiger partial charge on any atom is -0.357 e. The molecule has 1 atom stereocenters. The Labute approximate surface area is 83.3 Å². The van der Waals surface area contributed by atoms with Crippen molar-refractivity contribution in [2.45, 2.75) is 12.5 Å². The summed E-state index contributed by atoms with van der Waals surface area (Å²) in [6.07, 6.45) is 2.80. The Morgan fingerprint density at radius 3 is 3.14 bits per heavy atom. The van der Waals surface area contributed by atoms with Gasteiger partial charge in [0.15, 0.2) is 0 Å². The van der Waals surface area contributed by atoms with Crippen LogP contribution in [0, 0.1) is 0 Å². The van der Waals surface area contributed by atoms with Crippen molar-refractivity contribution in [1.82, 2.24) is 9.97 Å². The van der Waals surface area contributed by atoms with Crippen LogP contribution in [-0.4, -0.2) is 36.1 Å². The lowest BCUT2D eigenvalue weighted by Crippen LogP contribution is -2.27. The molecule has 0 aliphatic carbocycles. The second kappa shape index (κ2) is 3.79. The van der Waals surface area contributed by atoms with Gasteiger partial charge in [-0.15, -0.1) is 0 Å². The Balaban J connectivity index is 2.15. The molecule has 1 unspecified atom stereocenters. The lowest BCUT2D eigenvalue weighted by molar-refractivity contribution is 0.751. The van der Waals surface area contributed by atoms with Crippen LogP contribution in [0.3, 0.4) is 0 Å². The number of nitrogens with zero attached hydrogens (tertiary/aromatic N) is 3. The van der Waals surface area contributed by atoms with Gasteiger partial charge in [0, 0.05) is 32.4 Å². The molecule has 5 nitrogen and oxygen atoms in total. The summed E-state index contributed by atoms with van der Waals surface area (Å²) in [6, 6.07) is 2.20. The van der Waals surface area contributed by atoms with Gasteiger partial charge in [-0.3, -0.25) is 0 Å². The van der Waals surface area contributed by atoms with Gasteiger partial charge in [-0.05, 0) is 12.5 Å². The van der Waals surface area contributed by atoms with E-state index < -0.39 is 0 Å². The molecule has 0 bridgehead atoms. The summed E-state index contributed by atoms with van der Waals surface area (Å²) in [7, 11) is 1.81. The first-order valence-corrected chi connectivity index (χ1v) is 4.81. The van der Waals surface area contributed by atoms with Crippen molar-refractivity contribution in [2.24, 2.45) is 5.73 Å². The third-order valence-corrected chi connectivity index (χ3v) is 2.41. The van der Waals surface area contributed by atoms with Gasteiger partial charge >= 0.3 is 0 Å². The quantitative estimate of drug-likeness (QED) is 0.695. The fraction of sp³-hybridized carbons (Fsp3) is 0.556. The molecule has 14 heavy (non-hydrogen) atoms. The number of aromatic nitrogens is 2. The first kappa shape index (κ1) is 9.21. The maximum absolute atomic E-state index is 5.83. The molecule has 0 radical (unpaired) electrons. The van der Waals surface area contributed by atoms with E-state index in [1.54, 1.807) is 6.20 Å². The van der Waals surface area contributed by atoms with Gasteiger partial charge in [0.1, 0.15) is 5.82 Å². The van der Waals surface area contributed by atoms with E-state index in [4.69, 9.17) is 5.73 Å². The van der Waals surface area contributed by atoms with Gasteiger partial charge in [-0.2, -0.15) is 4.98 Å². The van der Waals surface area contributed by atoms with Crippen LogP contribution in [0.25, 0.3) is 0 Å². The van der Waals surface area contributed by atoms with E-state index in [0.29, 0.717) is 5.95 Å². The van der Waals surface area contributed by atoms with E-state index in [0.717, 1.165) is 25.3 Å². The van der Waals surface area contributed by atoms with Crippen LogP contribution in [0.2, 0.25) is 0 Å². The normalized spacial score (nSPS) is 21.3. The summed E-state index contributed by atoms with van der Waals surface area (Å²) in [5.41, 5.74) is 5.83. The molecule has 1 aromatic rings. The predicted octanol–water partition coefficient (Wildman–Crippen LogP) is 0.0557. The molecule has 5 heteroatoms. The molecule has 76 valence electrons. The molecule has 1 fully saturated rings. The maximum Gasteiger partial charge on any atom is 0.224 e. The van der Waals surface area contributed by atoms with Crippen molar-refractivity contribution in [1.29, 1.82) is 0 Å². The van der Waals surface area contributed by atoms with Crippen molar-refractivity contribution in [3.8, 4) is 0 Å². The van der Waals surface area contributed by atoms with Crippen LogP contribution in [0.15, 0.2) is 12.3 Å². The van der Waals surface area contributed by atoms with Gasteiger partial charge in [-0.25, -0.2) is 4.98 Å². The Hall–Kier alpha value is -1.36. The number of hydrogen-bond acceptors (Lipinski definition) is 5. The topological polar surface area (TPSA) is 67.1 Å². The Kier molecular flexibility index (Phi) is 2.49. The van der Waals surface area contributed by atoms with E-state index in [9.17, 15) is 0 Å². The molecule has 1 saturated heterocycles. The highest BCUT2D eigenvalue weighted by molar-refractivity contribution is 5.43. The highest BCUT2D eigenvalue weighted by Gasteiger charge is 2.20. The van der Waals surface area contributed by atoms with Gasteiger partial charge in [0.05, 0.1) is 0 Å². The summed E-state index contributed by atoms with van der Waals surface area (Å²) in [5, 5.41) is 2.92. The molecular formula is C9H15N5. The van der Waals surface area contributed by atoms with E-state index in [1.165, 1.54) is 0 Å². The van der Waals surface area contributed by atoms with Crippen LogP contribution in [0.4, 0.5) is 11.8 Å². The first-order valence-electron chi connectivity index (χ1n) is 4.81. The third kappa shape index (κ3) is 1.77. The highest BCUT2D eigenvalue weighted by atomic mass is 15.2. The van der Waals surface area contributed by atoms with E-state index in [1.807, 2.05) is 13.1 Å². The Morgan fingerprint density at radius 1 is 1.64 bits per heavy atom. The summed E-state index contributed by atoms with van der Waals surface area (Å²) in [6.45, 7) is 1.88. The monoisotopic (exact) mass is 193 g/mol. The second-order valence-electron chi connectivity index (χ2n) is 3.48. The Bertz CT molecular complexity index is 314. The van der Waals surface area contributed by atoms with Gasteiger partial charge in [0.2, 0.25) is 5.95 Å². The van der Waals surface area contributed by atoms with Gasteiger partial charge in [0.25, 0.3) is 0 Å². The fourth-order valence-corrected chi connectivity index (χ4v) is 1.64. The lowest BCUT2D eigenvalue weighted by atomic mass is 10.3. The molecule has 0 aromatic carbocycles. The maximum atomic E-state index is 5.83. The number of anilines is 2. The summed E-state index contributed by atoms with van der Waals surface area (Å²) in [5.74, 6) is 1.61. The average Bonchev–Trinajstić information content (AvgIpc) is 2.65. The van der Waals surface area contributed by atoms with Gasteiger partial charge < -0.3 is 16.0 Å². The summed E-state index contributed by atoms with van der Waals surface area (Å²) in [4.78, 5) is 10.6. The summed E-state index contributed by atoms with van der Waals surface area (Å²) >= 11 is 0. The zero-order chi connectivity index (χ0) is 9.97. The minimum absolute atomic E-state index is 0.281. The number of nitrogens with one attached hydrogen (secondary N) is 1. The van der Waals surface area contributed by atoms with Crippen LogP contribution < -0.4 is 16.0 Å². The van der Waals surface area contributed by atoms with Crippen LogP contribution in [0.1, 0.15) is 6.42 Å². The highest BCUT2D eigenvalue weighted by Crippen LogP contribution is 2.17. The van der Waals surface area contributed by atoms with Crippen molar-refractivity contribution in [3.05, 3.63) is 12.3 Å². The molecule has 0 amide bonds. The van der Waals surface area contributed by atoms with Gasteiger partial charge in [-0.1, -0.05) is 0 Å². The fourth-order valence-electron chi connectivity index (χ4n) is 1.64. The standard InChI is InChI=1S/C9H15N5/c1-11-9-12-4-2-8(13-9)14-5-3-7(10)6-14/h2,4,7H,3,5-6,10H2,1H3,(H,11,12,13). The molecule has 0 saturated carbocycles. The zero-order valence-corrected chi connectivity index (χ0v) is 8.27. The van der Waals surface area contributed by atoms with E-state index in [-0.39, 0.29) is 6.04 Å². The van der Waals surface area contributed by atoms with Crippen molar-refractivity contribution >= 4 is 11.8 Å². The van der Waals surface area contributed by atoms with Crippen molar-refractivity contribution in [2.75, 3.05) is 30.4 Å². The predicted molar refractivity (Wildman–Crippen MR) is 56.4 cm³/mol. The minimum atomic E-state index is 0.281. The molecule has 3 N–H and O–H groups in total. The lowest BCUT2D eigenvalue weighted by Gasteiger charge is -2.16. The zero-order valence-electron chi connectivity index (χ0n) is 8.27. The number of rotatable bonds is 2. The summed E-state index contributed by atoms with van der Waals surface area (Å²) < 4.78 is 0. The smallest absolute Gasteiger partial charge is 0.224 e. The number of hydrogen-bond donors (Lipinski definition) is 2. The van der Waals surface area contributed by atoms with E-state index >= 15 is 0 Å². The molecule has 2 rings (SSSR count). The van der Waals surface area contributed by atoms with Crippen LogP contribution in [0.5, 0.6) is 0 Å². The molecule has 1 aromatic heterocycles. The van der Waals surface area contributed by atoms with Crippen molar-refractivity contribution in [3.63, 3.8) is 0 Å². The molecule has 0 spiro atoms. The second-order valence-corrected chi connectivity index (χ2v) is 3.48.